The van der Waals surface area contributed by atoms with Crippen molar-refractivity contribution in [1.29, 1.82) is 0 Å². The molecule has 1 aliphatic rings. The number of ether oxygens (including phenoxy) is 1. The summed E-state index contributed by atoms with van der Waals surface area (Å²) in [7, 11) is 3.44. The number of nitrogens with zero attached hydrogens (tertiary/aromatic N) is 2. The van der Waals surface area contributed by atoms with Gasteiger partial charge in [-0.3, -0.25) is 9.59 Å². The van der Waals surface area contributed by atoms with Gasteiger partial charge in [-0.05, 0) is 25.0 Å². The fraction of sp³-hybridized carbons (Fsp3) is 0.529. The lowest BCUT2D eigenvalue weighted by Crippen LogP contribution is -2.41. The number of likely N-dealkylation sites (N-methyl/N-ethyl adjacent to an activating group) is 2. The Kier molecular flexibility index (Phi) is 5.58. The Morgan fingerprint density at radius 3 is 2.78 bits per heavy atom. The van der Waals surface area contributed by atoms with Gasteiger partial charge >= 0.3 is 0 Å². The van der Waals surface area contributed by atoms with Crippen LogP contribution in [0.4, 0.5) is 4.39 Å². The minimum atomic E-state index is -0.439. The minimum absolute atomic E-state index is 0.000874. The van der Waals surface area contributed by atoms with Crippen LogP contribution < -0.4 is 4.74 Å². The zero-order valence-electron chi connectivity index (χ0n) is 13.8. The van der Waals surface area contributed by atoms with Gasteiger partial charge in [-0.2, -0.15) is 0 Å². The van der Waals surface area contributed by atoms with Crippen molar-refractivity contribution < 1.29 is 18.7 Å². The molecule has 1 atom stereocenters. The van der Waals surface area contributed by atoms with E-state index in [9.17, 15) is 14.0 Å². The van der Waals surface area contributed by atoms with Gasteiger partial charge in [-0.15, -0.1) is 0 Å². The van der Waals surface area contributed by atoms with Crippen LogP contribution in [0.25, 0.3) is 0 Å². The van der Waals surface area contributed by atoms with E-state index in [1.54, 1.807) is 36.0 Å². The minimum Gasteiger partial charge on any atom is -0.494 e. The molecule has 0 bridgehead atoms. The van der Waals surface area contributed by atoms with Gasteiger partial charge in [-0.25, -0.2) is 4.39 Å². The summed E-state index contributed by atoms with van der Waals surface area (Å²) in [5, 5.41) is 0. The van der Waals surface area contributed by atoms with Gasteiger partial charge in [0.25, 0.3) is 0 Å². The maximum Gasteiger partial charge on any atom is 0.226 e. The van der Waals surface area contributed by atoms with E-state index in [0.29, 0.717) is 30.9 Å². The van der Waals surface area contributed by atoms with Crippen molar-refractivity contribution in [2.24, 2.45) is 0 Å². The number of benzene rings is 1. The second-order valence-electron chi connectivity index (χ2n) is 5.83. The summed E-state index contributed by atoms with van der Waals surface area (Å²) in [5.41, 5.74) is 0.348. The van der Waals surface area contributed by atoms with E-state index in [-0.39, 0.29) is 24.3 Å². The summed E-state index contributed by atoms with van der Waals surface area (Å²) in [5.74, 6) is -0.0410. The number of likely N-dealkylation sites (tertiary alicyclic amines) is 1. The van der Waals surface area contributed by atoms with Crippen LogP contribution in [0.15, 0.2) is 18.2 Å². The van der Waals surface area contributed by atoms with Gasteiger partial charge in [0.15, 0.2) is 0 Å². The number of carbonyl (C=O) groups is 2. The van der Waals surface area contributed by atoms with Crippen LogP contribution in [-0.4, -0.2) is 54.9 Å². The number of carbonyl (C=O) groups excluding carboxylic acids is 2. The topological polar surface area (TPSA) is 49.9 Å². The molecule has 2 amide bonds. The third-order valence-corrected chi connectivity index (χ3v) is 4.22. The van der Waals surface area contributed by atoms with Crippen molar-refractivity contribution >= 4 is 11.8 Å². The normalized spacial score (nSPS) is 17.5. The second-order valence-corrected chi connectivity index (χ2v) is 5.83. The lowest BCUT2D eigenvalue weighted by atomic mass is 10.1. The lowest BCUT2D eigenvalue weighted by Gasteiger charge is -2.26. The number of rotatable bonds is 6. The van der Waals surface area contributed by atoms with Crippen molar-refractivity contribution in [1.82, 2.24) is 9.80 Å². The average molecular weight is 322 g/mol. The van der Waals surface area contributed by atoms with E-state index in [1.807, 2.05) is 6.92 Å². The average Bonchev–Trinajstić information content (AvgIpc) is 2.82. The molecular formula is C17H23FN2O3. The number of halogens is 1. The van der Waals surface area contributed by atoms with E-state index in [2.05, 4.69) is 0 Å². The Morgan fingerprint density at radius 1 is 1.48 bits per heavy atom. The quantitative estimate of drug-likeness (QED) is 0.803. The predicted octanol–water partition coefficient (Wildman–Crippen LogP) is 1.85. The highest BCUT2D eigenvalue weighted by Gasteiger charge is 2.29. The largest absolute Gasteiger partial charge is 0.494 e. The van der Waals surface area contributed by atoms with Gasteiger partial charge in [-0.1, -0.05) is 6.07 Å². The molecule has 0 aliphatic carbocycles. The van der Waals surface area contributed by atoms with E-state index >= 15 is 0 Å². The zero-order chi connectivity index (χ0) is 17.0. The molecule has 1 saturated heterocycles. The summed E-state index contributed by atoms with van der Waals surface area (Å²) >= 11 is 0. The van der Waals surface area contributed by atoms with Crippen LogP contribution in [-0.2, 0) is 16.0 Å². The van der Waals surface area contributed by atoms with Crippen LogP contribution in [0.1, 0.15) is 25.3 Å². The molecule has 126 valence electrons. The Morgan fingerprint density at radius 2 is 2.22 bits per heavy atom. The van der Waals surface area contributed by atoms with Crippen molar-refractivity contribution in [3.63, 3.8) is 0 Å². The van der Waals surface area contributed by atoms with Gasteiger partial charge < -0.3 is 14.5 Å². The van der Waals surface area contributed by atoms with Gasteiger partial charge in [0, 0.05) is 39.2 Å². The first kappa shape index (κ1) is 17.2. The number of hydrogen-bond donors (Lipinski definition) is 0. The third-order valence-electron chi connectivity index (χ3n) is 4.22. The molecule has 0 aromatic heterocycles. The number of amides is 2. The van der Waals surface area contributed by atoms with Crippen LogP contribution in [0.3, 0.4) is 0 Å². The standard InChI is InChI=1S/C17H23FN2O3/c1-4-23-14-7-5-12(15(18)10-14)9-17(22)19(2)11-13-6-8-16(21)20(13)3/h5,7,10,13H,4,6,8-9,11H2,1-3H3. The molecule has 1 aromatic rings. The maximum absolute atomic E-state index is 14.0. The fourth-order valence-electron chi connectivity index (χ4n) is 2.72. The molecule has 0 N–H and O–H groups in total. The monoisotopic (exact) mass is 322 g/mol. The first-order chi connectivity index (χ1) is 10.9. The second kappa shape index (κ2) is 7.44. The molecule has 1 fully saturated rings. The Bertz CT molecular complexity index is 591. The molecule has 0 radical (unpaired) electrons. The van der Waals surface area contributed by atoms with E-state index in [1.165, 1.54) is 6.07 Å². The molecule has 0 spiro atoms. The molecule has 1 heterocycles. The molecule has 1 aliphatic heterocycles. The third kappa shape index (κ3) is 4.21. The first-order valence-electron chi connectivity index (χ1n) is 7.83. The van der Waals surface area contributed by atoms with Crippen molar-refractivity contribution in [2.75, 3.05) is 27.2 Å². The number of hydrogen-bond acceptors (Lipinski definition) is 3. The highest BCUT2D eigenvalue weighted by Crippen LogP contribution is 2.19. The van der Waals surface area contributed by atoms with E-state index in [4.69, 9.17) is 4.74 Å². The Hall–Kier alpha value is -2.11. The highest BCUT2D eigenvalue weighted by atomic mass is 19.1. The van der Waals surface area contributed by atoms with Gasteiger partial charge in [0.1, 0.15) is 11.6 Å². The van der Waals surface area contributed by atoms with Crippen molar-refractivity contribution in [3.8, 4) is 5.75 Å². The van der Waals surface area contributed by atoms with Crippen molar-refractivity contribution in [2.45, 2.75) is 32.2 Å². The highest BCUT2D eigenvalue weighted by molar-refractivity contribution is 5.80. The SMILES string of the molecule is CCOc1ccc(CC(=O)N(C)CC2CCC(=O)N2C)c(F)c1. The van der Waals surface area contributed by atoms with E-state index < -0.39 is 5.82 Å². The van der Waals surface area contributed by atoms with Crippen LogP contribution in [0.5, 0.6) is 5.75 Å². The van der Waals surface area contributed by atoms with Crippen LogP contribution in [0, 0.1) is 5.82 Å². The van der Waals surface area contributed by atoms with Crippen LogP contribution in [0.2, 0.25) is 0 Å². The molecule has 1 aromatic carbocycles. The first-order valence-corrected chi connectivity index (χ1v) is 7.83. The van der Waals surface area contributed by atoms with Gasteiger partial charge in [0.05, 0.1) is 13.0 Å². The summed E-state index contributed by atoms with van der Waals surface area (Å²) in [6, 6.07) is 4.59. The Labute approximate surface area is 136 Å². The molecule has 1 unspecified atom stereocenters. The summed E-state index contributed by atoms with van der Waals surface area (Å²) in [6.07, 6.45) is 1.28. The molecular weight excluding hydrogens is 299 g/mol. The molecule has 0 saturated carbocycles. The smallest absolute Gasteiger partial charge is 0.226 e. The predicted molar refractivity (Wildman–Crippen MR) is 84.7 cm³/mol. The summed E-state index contributed by atoms with van der Waals surface area (Å²) in [6.45, 7) is 2.77. The molecule has 6 heteroatoms. The van der Waals surface area contributed by atoms with Crippen LogP contribution >= 0.6 is 0 Å². The zero-order valence-corrected chi connectivity index (χ0v) is 13.8. The Balaban J connectivity index is 1.94. The molecule has 2 rings (SSSR count). The summed E-state index contributed by atoms with van der Waals surface area (Å²) in [4.78, 5) is 27.0. The molecule has 23 heavy (non-hydrogen) atoms. The summed E-state index contributed by atoms with van der Waals surface area (Å²) < 4.78 is 19.2. The lowest BCUT2D eigenvalue weighted by molar-refractivity contribution is -0.132. The van der Waals surface area contributed by atoms with Gasteiger partial charge in [0.2, 0.25) is 11.8 Å². The fourth-order valence-corrected chi connectivity index (χ4v) is 2.72. The maximum atomic E-state index is 14.0. The molecule has 5 nitrogen and oxygen atoms in total. The van der Waals surface area contributed by atoms with E-state index in [0.717, 1.165) is 6.42 Å². The van der Waals surface area contributed by atoms with Crippen molar-refractivity contribution in [3.05, 3.63) is 29.6 Å².